The quantitative estimate of drug-likeness (QED) is 0.380. The van der Waals surface area contributed by atoms with Crippen molar-refractivity contribution in [3.05, 3.63) is 0 Å². The molecule has 0 saturated carbocycles. The standard InChI is InChI=1S/C14H28O10P2/c1-5-21-25(19,22-6-2)11(13(15)16)9-10-12(14(17)18)26(20,23-7-3)24-8-4/h11-12H,5-10H2,1-4H3,(H,15,16)(H,17,18). The molecule has 12 heteroatoms. The number of hydrogen-bond donors (Lipinski definition) is 2. The van der Waals surface area contributed by atoms with Crippen molar-refractivity contribution in [3.63, 3.8) is 0 Å². The van der Waals surface area contributed by atoms with Crippen LogP contribution in [0.15, 0.2) is 0 Å². The van der Waals surface area contributed by atoms with E-state index in [2.05, 4.69) is 0 Å². The van der Waals surface area contributed by atoms with E-state index in [4.69, 9.17) is 18.1 Å². The van der Waals surface area contributed by atoms with Crippen molar-refractivity contribution in [2.75, 3.05) is 26.4 Å². The lowest BCUT2D eigenvalue weighted by atomic mass is 10.2. The molecule has 2 atom stereocenters. The maximum atomic E-state index is 12.7. The Hall–Kier alpha value is -0.760. The second-order valence-electron chi connectivity index (χ2n) is 5.04. The van der Waals surface area contributed by atoms with E-state index in [1.807, 2.05) is 0 Å². The van der Waals surface area contributed by atoms with Crippen molar-refractivity contribution in [2.24, 2.45) is 0 Å². The molecule has 26 heavy (non-hydrogen) atoms. The first kappa shape index (κ1) is 25.2. The Bertz CT molecular complexity index is 482. The monoisotopic (exact) mass is 418 g/mol. The average molecular weight is 418 g/mol. The first-order valence-corrected chi connectivity index (χ1v) is 11.6. The van der Waals surface area contributed by atoms with E-state index in [0.29, 0.717) is 0 Å². The van der Waals surface area contributed by atoms with E-state index in [0.717, 1.165) is 0 Å². The lowest BCUT2D eigenvalue weighted by Gasteiger charge is -2.26. The predicted octanol–water partition coefficient (Wildman–Crippen LogP) is 3.21. The summed E-state index contributed by atoms with van der Waals surface area (Å²) in [6.07, 6.45) is -0.790. The highest BCUT2D eigenvalue weighted by molar-refractivity contribution is 7.56. The van der Waals surface area contributed by atoms with Crippen LogP contribution in [0.4, 0.5) is 0 Å². The van der Waals surface area contributed by atoms with Gasteiger partial charge in [-0.2, -0.15) is 0 Å². The van der Waals surface area contributed by atoms with Crippen LogP contribution in [0.1, 0.15) is 40.5 Å². The van der Waals surface area contributed by atoms with Gasteiger partial charge < -0.3 is 28.3 Å². The Balaban J connectivity index is 5.57. The van der Waals surface area contributed by atoms with E-state index in [-0.39, 0.29) is 26.4 Å². The fourth-order valence-corrected chi connectivity index (χ4v) is 6.08. The molecule has 0 radical (unpaired) electrons. The third kappa shape index (κ3) is 7.10. The van der Waals surface area contributed by atoms with Gasteiger partial charge in [0.2, 0.25) is 0 Å². The molecule has 0 bridgehead atoms. The van der Waals surface area contributed by atoms with Gasteiger partial charge in [0.15, 0.2) is 11.3 Å². The van der Waals surface area contributed by atoms with Crippen molar-refractivity contribution >= 4 is 27.1 Å². The van der Waals surface area contributed by atoms with Gasteiger partial charge in [0.05, 0.1) is 26.4 Å². The molecule has 0 amide bonds. The molecule has 0 aliphatic rings. The van der Waals surface area contributed by atoms with Crippen molar-refractivity contribution in [2.45, 2.75) is 51.9 Å². The topological polar surface area (TPSA) is 146 Å². The van der Waals surface area contributed by atoms with Crippen LogP contribution in [0.3, 0.4) is 0 Å². The molecule has 2 N–H and O–H groups in total. The van der Waals surface area contributed by atoms with Crippen LogP contribution in [0, 0.1) is 0 Å². The van der Waals surface area contributed by atoms with Gasteiger partial charge in [-0.25, -0.2) is 0 Å². The maximum Gasteiger partial charge on any atom is 0.344 e. The van der Waals surface area contributed by atoms with Gasteiger partial charge in [0.1, 0.15) is 0 Å². The van der Waals surface area contributed by atoms with Crippen LogP contribution in [0.25, 0.3) is 0 Å². The summed E-state index contributed by atoms with van der Waals surface area (Å²) >= 11 is 0. The zero-order valence-corrected chi connectivity index (χ0v) is 17.2. The first-order valence-electron chi connectivity index (χ1n) is 8.34. The lowest BCUT2D eigenvalue weighted by molar-refractivity contribution is -0.139. The Kier molecular flexibility index (Phi) is 11.5. The van der Waals surface area contributed by atoms with Crippen LogP contribution in [0.2, 0.25) is 0 Å². The van der Waals surface area contributed by atoms with E-state index in [1.54, 1.807) is 0 Å². The second-order valence-corrected chi connectivity index (χ2v) is 9.48. The minimum atomic E-state index is -4.02. The second kappa shape index (κ2) is 11.8. The van der Waals surface area contributed by atoms with E-state index in [9.17, 15) is 28.9 Å². The van der Waals surface area contributed by atoms with Gasteiger partial charge in [-0.1, -0.05) is 0 Å². The zero-order chi connectivity index (χ0) is 20.4. The number of carbonyl (C=O) groups is 2. The van der Waals surface area contributed by atoms with Gasteiger partial charge in [-0.15, -0.1) is 0 Å². The van der Waals surface area contributed by atoms with Gasteiger partial charge in [0, 0.05) is 0 Å². The molecule has 10 nitrogen and oxygen atoms in total. The van der Waals surface area contributed by atoms with Gasteiger partial charge in [-0.3, -0.25) is 18.7 Å². The Morgan fingerprint density at radius 1 is 0.692 bits per heavy atom. The summed E-state index contributed by atoms with van der Waals surface area (Å²) in [7, 11) is -8.04. The Morgan fingerprint density at radius 2 is 0.923 bits per heavy atom. The number of hydrogen-bond acceptors (Lipinski definition) is 8. The van der Waals surface area contributed by atoms with E-state index < -0.39 is 51.3 Å². The molecule has 0 rings (SSSR count). The highest BCUT2D eigenvalue weighted by atomic mass is 31.2. The van der Waals surface area contributed by atoms with Crippen molar-refractivity contribution in [1.82, 2.24) is 0 Å². The number of aliphatic carboxylic acids is 2. The predicted molar refractivity (Wildman–Crippen MR) is 93.8 cm³/mol. The average Bonchev–Trinajstić information content (AvgIpc) is 2.51. The molecule has 2 unspecified atom stereocenters. The molecule has 0 aliphatic heterocycles. The SMILES string of the molecule is CCOP(=O)(OCC)C(CCC(C(=O)O)P(=O)(OCC)OCC)C(=O)O. The van der Waals surface area contributed by atoms with E-state index >= 15 is 0 Å². The summed E-state index contributed by atoms with van der Waals surface area (Å²) in [6.45, 7) is 5.96. The lowest BCUT2D eigenvalue weighted by Crippen LogP contribution is -2.28. The van der Waals surface area contributed by atoms with Crippen LogP contribution in [0.5, 0.6) is 0 Å². The van der Waals surface area contributed by atoms with Crippen LogP contribution in [-0.2, 0) is 36.8 Å². The molecule has 0 aromatic heterocycles. The van der Waals surface area contributed by atoms with Crippen molar-refractivity contribution in [3.8, 4) is 0 Å². The summed E-state index contributed by atoms with van der Waals surface area (Å²) in [5, 5.41) is 18.8. The molecule has 0 aromatic carbocycles. The summed E-state index contributed by atoms with van der Waals surface area (Å²) in [6, 6.07) is 0. The molecule has 0 fully saturated rings. The van der Waals surface area contributed by atoms with Gasteiger partial charge in [0.25, 0.3) is 0 Å². The first-order chi connectivity index (χ1) is 12.1. The number of rotatable bonds is 15. The van der Waals surface area contributed by atoms with Crippen LogP contribution < -0.4 is 0 Å². The third-order valence-electron chi connectivity index (χ3n) is 3.28. The van der Waals surface area contributed by atoms with Crippen LogP contribution in [-0.4, -0.2) is 59.9 Å². The molecule has 0 aliphatic carbocycles. The fourth-order valence-electron chi connectivity index (χ4n) is 2.30. The summed E-state index contributed by atoms with van der Waals surface area (Å²) in [5.41, 5.74) is -3.19. The van der Waals surface area contributed by atoms with Crippen molar-refractivity contribution in [1.29, 1.82) is 0 Å². The number of carboxylic acid groups (broad SMARTS) is 2. The molecular weight excluding hydrogens is 390 g/mol. The highest BCUT2D eigenvalue weighted by Gasteiger charge is 2.46. The molecule has 0 heterocycles. The smallest absolute Gasteiger partial charge is 0.344 e. The van der Waals surface area contributed by atoms with Crippen LogP contribution >= 0.6 is 15.2 Å². The minimum absolute atomic E-state index is 0.0419. The highest BCUT2D eigenvalue weighted by Crippen LogP contribution is 2.58. The minimum Gasteiger partial charge on any atom is -0.481 e. The Morgan fingerprint density at radius 3 is 1.08 bits per heavy atom. The van der Waals surface area contributed by atoms with Crippen molar-refractivity contribution < 1.29 is 47.0 Å². The molecule has 0 spiro atoms. The molecular formula is C14H28O10P2. The molecule has 0 saturated heterocycles. The fraction of sp³-hybridized carbons (Fsp3) is 0.857. The Labute approximate surface area is 153 Å². The summed E-state index contributed by atoms with van der Waals surface area (Å²) in [4.78, 5) is 23.1. The van der Waals surface area contributed by atoms with Gasteiger partial charge in [-0.05, 0) is 40.5 Å². The normalized spacial score (nSPS) is 14.8. The summed E-state index contributed by atoms with van der Waals surface area (Å²) < 4.78 is 45.6. The molecule has 0 aromatic rings. The van der Waals surface area contributed by atoms with Gasteiger partial charge >= 0.3 is 27.1 Å². The zero-order valence-electron chi connectivity index (χ0n) is 15.5. The largest absolute Gasteiger partial charge is 0.481 e. The maximum absolute atomic E-state index is 12.7. The third-order valence-corrected chi connectivity index (χ3v) is 8.24. The summed E-state index contributed by atoms with van der Waals surface area (Å²) in [5.74, 6) is -2.91. The van der Waals surface area contributed by atoms with E-state index in [1.165, 1.54) is 27.7 Å². The number of carboxylic acids is 2. The molecule has 154 valence electrons.